The second-order valence-electron chi connectivity index (χ2n) is 6.96. The monoisotopic (exact) mass is 412 g/mol. The molecule has 2 rings (SSSR count). The highest BCUT2D eigenvalue weighted by molar-refractivity contribution is 5.93. The molecule has 0 saturated heterocycles. The zero-order valence-corrected chi connectivity index (χ0v) is 18.5. The van der Waals surface area contributed by atoms with Crippen LogP contribution in [-0.4, -0.2) is 58.2 Å². The van der Waals surface area contributed by atoms with E-state index in [2.05, 4.69) is 15.6 Å². The Bertz CT molecular complexity index is 848. The quantitative estimate of drug-likeness (QED) is 0.489. The van der Waals surface area contributed by atoms with E-state index in [0.29, 0.717) is 12.1 Å². The summed E-state index contributed by atoms with van der Waals surface area (Å²) in [6, 6.07) is 13.5. The van der Waals surface area contributed by atoms with E-state index < -0.39 is 0 Å². The van der Waals surface area contributed by atoms with Crippen molar-refractivity contribution >= 4 is 11.9 Å². The summed E-state index contributed by atoms with van der Waals surface area (Å²) in [5.74, 6) is 2.20. The minimum absolute atomic E-state index is 0.00443. The van der Waals surface area contributed by atoms with Crippen molar-refractivity contribution in [1.82, 2.24) is 15.5 Å². The van der Waals surface area contributed by atoms with E-state index in [0.717, 1.165) is 48.1 Å². The third-order valence-corrected chi connectivity index (χ3v) is 4.53. The number of carbonyl (C=O) groups excluding carboxylic acids is 1. The Kier molecular flexibility index (Phi) is 9.00. The van der Waals surface area contributed by atoms with Crippen molar-refractivity contribution in [2.75, 3.05) is 41.4 Å². The molecule has 0 aromatic heterocycles. The Morgan fingerprint density at radius 2 is 1.63 bits per heavy atom. The summed E-state index contributed by atoms with van der Waals surface area (Å²) < 4.78 is 10.6. The molecule has 0 saturated carbocycles. The van der Waals surface area contributed by atoms with Crippen molar-refractivity contribution in [3.63, 3.8) is 0 Å². The molecule has 0 spiro atoms. The maximum atomic E-state index is 12.0. The van der Waals surface area contributed by atoms with E-state index in [1.54, 1.807) is 33.2 Å². The smallest absolute Gasteiger partial charge is 0.253 e. The van der Waals surface area contributed by atoms with Gasteiger partial charge in [0.2, 0.25) is 0 Å². The largest absolute Gasteiger partial charge is 0.493 e. The Hall–Kier alpha value is -3.22. The van der Waals surface area contributed by atoms with Gasteiger partial charge in [-0.3, -0.25) is 4.79 Å². The molecule has 2 aromatic carbocycles. The molecule has 0 atom stereocenters. The van der Waals surface area contributed by atoms with Crippen LogP contribution in [0.15, 0.2) is 47.5 Å². The van der Waals surface area contributed by atoms with Crippen molar-refractivity contribution in [2.24, 2.45) is 4.99 Å². The molecule has 2 N–H and O–H groups in total. The van der Waals surface area contributed by atoms with Gasteiger partial charge in [0.1, 0.15) is 0 Å². The molecule has 0 radical (unpaired) electrons. The highest BCUT2D eigenvalue weighted by atomic mass is 16.5. The molecule has 7 nitrogen and oxygen atoms in total. The summed E-state index contributed by atoms with van der Waals surface area (Å²) in [7, 11) is 6.76. The summed E-state index contributed by atoms with van der Waals surface area (Å²) in [6.07, 6.45) is 0.826. The molecule has 2 aromatic rings. The minimum atomic E-state index is -0.00443. The Morgan fingerprint density at radius 3 is 2.23 bits per heavy atom. The number of guanidine groups is 1. The van der Waals surface area contributed by atoms with Crippen molar-refractivity contribution < 1.29 is 14.3 Å². The fourth-order valence-electron chi connectivity index (χ4n) is 2.88. The number of ether oxygens (including phenoxy) is 2. The maximum absolute atomic E-state index is 12.0. The number of nitrogens with one attached hydrogen (secondary N) is 2. The number of methoxy groups -OCH3 is 2. The Balaban J connectivity index is 1.94. The van der Waals surface area contributed by atoms with Crippen LogP contribution in [0, 0.1) is 0 Å². The van der Waals surface area contributed by atoms with Crippen LogP contribution in [-0.2, 0) is 13.0 Å². The molecule has 0 fully saturated rings. The number of hydrogen-bond acceptors (Lipinski definition) is 4. The van der Waals surface area contributed by atoms with Gasteiger partial charge in [-0.2, -0.15) is 0 Å². The van der Waals surface area contributed by atoms with E-state index >= 15 is 0 Å². The third-order valence-electron chi connectivity index (χ3n) is 4.53. The van der Waals surface area contributed by atoms with Crippen LogP contribution < -0.4 is 20.1 Å². The van der Waals surface area contributed by atoms with E-state index in [4.69, 9.17) is 9.47 Å². The maximum Gasteiger partial charge on any atom is 0.253 e. The average Bonchev–Trinajstić information content (AvgIpc) is 2.77. The summed E-state index contributed by atoms with van der Waals surface area (Å²) in [5.41, 5.74) is 2.87. The Labute approximate surface area is 179 Å². The third kappa shape index (κ3) is 6.69. The highest BCUT2D eigenvalue weighted by Crippen LogP contribution is 2.27. The predicted molar refractivity (Wildman–Crippen MR) is 121 cm³/mol. The number of nitrogens with zero attached hydrogens (tertiary/aromatic N) is 2. The van der Waals surface area contributed by atoms with E-state index in [9.17, 15) is 4.79 Å². The van der Waals surface area contributed by atoms with Gasteiger partial charge in [0.05, 0.1) is 20.8 Å². The Morgan fingerprint density at radius 1 is 0.967 bits per heavy atom. The summed E-state index contributed by atoms with van der Waals surface area (Å²) in [5, 5.41) is 6.61. The van der Waals surface area contributed by atoms with Crippen LogP contribution in [0.1, 0.15) is 28.4 Å². The van der Waals surface area contributed by atoms with E-state index in [-0.39, 0.29) is 5.91 Å². The van der Waals surface area contributed by atoms with Crippen LogP contribution in [0.4, 0.5) is 0 Å². The summed E-state index contributed by atoms with van der Waals surface area (Å²) in [4.78, 5) is 18.2. The van der Waals surface area contributed by atoms with Gasteiger partial charge in [0, 0.05) is 32.7 Å². The lowest BCUT2D eigenvalue weighted by Crippen LogP contribution is -2.38. The zero-order valence-electron chi connectivity index (χ0n) is 18.5. The molecular formula is C23H32N4O3. The molecule has 30 heavy (non-hydrogen) atoms. The second-order valence-corrected chi connectivity index (χ2v) is 6.96. The average molecular weight is 413 g/mol. The molecule has 0 aliphatic heterocycles. The van der Waals surface area contributed by atoms with Gasteiger partial charge in [-0.15, -0.1) is 0 Å². The fraction of sp³-hybridized carbons (Fsp3) is 0.391. The highest BCUT2D eigenvalue weighted by Gasteiger charge is 2.07. The topological polar surface area (TPSA) is 75.2 Å². The number of benzene rings is 2. The van der Waals surface area contributed by atoms with Crippen molar-refractivity contribution in [3.8, 4) is 11.5 Å². The van der Waals surface area contributed by atoms with E-state index in [1.165, 1.54) is 0 Å². The van der Waals surface area contributed by atoms with Gasteiger partial charge in [-0.25, -0.2) is 4.99 Å². The molecule has 0 aliphatic rings. The van der Waals surface area contributed by atoms with Crippen LogP contribution in [0.3, 0.4) is 0 Å². The lowest BCUT2D eigenvalue weighted by atomic mass is 10.1. The SMILES string of the molecule is CCNC(=NCc1ccc(C(=O)N(C)C)cc1)NCCc1ccc(OC)c(OC)c1. The molecule has 0 unspecified atom stereocenters. The molecule has 162 valence electrons. The second kappa shape index (κ2) is 11.7. The van der Waals surface area contributed by atoms with Crippen LogP contribution in [0.5, 0.6) is 11.5 Å². The summed E-state index contributed by atoms with van der Waals surface area (Å²) >= 11 is 0. The van der Waals surface area contributed by atoms with Crippen molar-refractivity contribution in [3.05, 3.63) is 59.2 Å². The zero-order chi connectivity index (χ0) is 21.9. The number of hydrogen-bond donors (Lipinski definition) is 2. The first-order valence-corrected chi connectivity index (χ1v) is 10.0. The number of aliphatic imine (C=N–C) groups is 1. The molecular weight excluding hydrogens is 380 g/mol. The van der Waals surface area contributed by atoms with Crippen LogP contribution in [0.25, 0.3) is 0 Å². The fourth-order valence-corrected chi connectivity index (χ4v) is 2.88. The first-order valence-electron chi connectivity index (χ1n) is 10.0. The minimum Gasteiger partial charge on any atom is -0.493 e. The van der Waals surface area contributed by atoms with Gasteiger partial charge in [0.15, 0.2) is 17.5 Å². The van der Waals surface area contributed by atoms with Gasteiger partial charge in [-0.1, -0.05) is 18.2 Å². The number of rotatable bonds is 9. The van der Waals surface area contributed by atoms with Gasteiger partial charge >= 0.3 is 0 Å². The molecule has 7 heteroatoms. The number of carbonyl (C=O) groups is 1. The lowest BCUT2D eigenvalue weighted by molar-refractivity contribution is 0.0827. The molecule has 0 aliphatic carbocycles. The van der Waals surface area contributed by atoms with E-state index in [1.807, 2.05) is 49.4 Å². The van der Waals surface area contributed by atoms with Crippen LogP contribution in [0.2, 0.25) is 0 Å². The molecule has 1 amide bonds. The molecule has 0 heterocycles. The van der Waals surface area contributed by atoms with Gasteiger partial charge in [0.25, 0.3) is 5.91 Å². The first kappa shape index (κ1) is 23.1. The van der Waals surface area contributed by atoms with Gasteiger partial charge < -0.3 is 25.0 Å². The summed E-state index contributed by atoms with van der Waals surface area (Å²) in [6.45, 7) is 4.07. The normalized spacial score (nSPS) is 11.0. The standard InChI is InChI=1S/C23H32N4O3/c1-6-24-23(25-14-13-17-9-12-20(29-4)21(15-17)30-5)26-16-18-7-10-19(11-8-18)22(28)27(2)3/h7-12,15H,6,13-14,16H2,1-5H3,(H2,24,25,26). The first-order chi connectivity index (χ1) is 14.5. The van der Waals surface area contributed by atoms with Gasteiger partial charge in [-0.05, 0) is 48.7 Å². The van der Waals surface area contributed by atoms with Crippen LogP contribution >= 0.6 is 0 Å². The number of amides is 1. The van der Waals surface area contributed by atoms with Crippen molar-refractivity contribution in [2.45, 2.75) is 19.9 Å². The predicted octanol–water partition coefficient (Wildman–Crippen LogP) is 2.70. The van der Waals surface area contributed by atoms with Crippen molar-refractivity contribution in [1.29, 1.82) is 0 Å². The molecule has 0 bridgehead atoms. The lowest BCUT2D eigenvalue weighted by Gasteiger charge is -2.13.